The van der Waals surface area contributed by atoms with Crippen LogP contribution in [0.2, 0.25) is 0 Å². The number of hydrogen-bond acceptors (Lipinski definition) is 3. The molecule has 1 aromatic heterocycles. The molecule has 0 unspecified atom stereocenters. The molecule has 4 nitrogen and oxygen atoms in total. The lowest BCUT2D eigenvalue weighted by atomic mass is 10.2. The number of nitrogens with two attached hydrogens (primary N) is 1. The van der Waals surface area contributed by atoms with E-state index in [4.69, 9.17) is 15.7 Å². The quantitative estimate of drug-likeness (QED) is 0.775. The number of rotatable bonds is 2. The lowest BCUT2D eigenvalue weighted by Gasteiger charge is -2.10. The van der Waals surface area contributed by atoms with E-state index in [0.717, 1.165) is 5.69 Å². The number of hydrogen-bond donors (Lipinski definition) is 1. The Labute approximate surface area is 93.5 Å². The molecule has 0 aliphatic heterocycles. The number of ether oxygens (including phenoxy) is 1. The summed E-state index contributed by atoms with van der Waals surface area (Å²) in [6, 6.07) is 11.0. The predicted molar refractivity (Wildman–Crippen MR) is 61.4 cm³/mol. The molecule has 2 rings (SSSR count). The van der Waals surface area contributed by atoms with E-state index in [1.54, 1.807) is 48.2 Å². The van der Waals surface area contributed by atoms with Gasteiger partial charge in [-0.25, -0.2) is 0 Å². The monoisotopic (exact) mass is 213 g/mol. The largest absolute Gasteiger partial charge is 0.497 e. The van der Waals surface area contributed by atoms with E-state index in [9.17, 15) is 0 Å². The molecule has 0 saturated carbocycles. The van der Waals surface area contributed by atoms with Crippen molar-refractivity contribution in [1.82, 2.24) is 4.57 Å². The van der Waals surface area contributed by atoms with Crippen LogP contribution in [0.1, 0.15) is 5.69 Å². The number of aromatic nitrogens is 1. The van der Waals surface area contributed by atoms with Crippen LogP contribution < -0.4 is 10.5 Å². The summed E-state index contributed by atoms with van der Waals surface area (Å²) >= 11 is 0. The topological polar surface area (TPSA) is 64.0 Å². The molecule has 2 N–H and O–H groups in total. The van der Waals surface area contributed by atoms with Crippen LogP contribution in [-0.2, 0) is 0 Å². The molecule has 4 heteroatoms. The average Bonchev–Trinajstić information content (AvgIpc) is 2.77. The molecule has 16 heavy (non-hydrogen) atoms. The van der Waals surface area contributed by atoms with Crippen molar-refractivity contribution in [1.29, 1.82) is 5.26 Å². The van der Waals surface area contributed by atoms with E-state index in [0.29, 0.717) is 17.1 Å². The third-order valence-corrected chi connectivity index (χ3v) is 2.36. The maximum absolute atomic E-state index is 8.94. The van der Waals surface area contributed by atoms with Gasteiger partial charge < -0.3 is 15.0 Å². The number of benzene rings is 1. The summed E-state index contributed by atoms with van der Waals surface area (Å²) in [5.74, 6) is 0.710. The van der Waals surface area contributed by atoms with Crippen molar-refractivity contribution in [3.8, 4) is 17.5 Å². The molecular weight excluding hydrogens is 202 g/mol. The van der Waals surface area contributed by atoms with E-state index >= 15 is 0 Å². The minimum Gasteiger partial charge on any atom is -0.497 e. The van der Waals surface area contributed by atoms with Crippen LogP contribution in [0, 0.1) is 11.3 Å². The lowest BCUT2D eigenvalue weighted by molar-refractivity contribution is 0.414. The van der Waals surface area contributed by atoms with Gasteiger partial charge in [-0.05, 0) is 24.3 Å². The molecule has 0 spiro atoms. The number of anilines is 1. The van der Waals surface area contributed by atoms with E-state index in [-0.39, 0.29) is 0 Å². The minimum atomic E-state index is 0.542. The summed E-state index contributed by atoms with van der Waals surface area (Å²) in [4.78, 5) is 0. The normalized spacial score (nSPS) is 9.75. The van der Waals surface area contributed by atoms with Crippen molar-refractivity contribution in [3.05, 3.63) is 42.2 Å². The van der Waals surface area contributed by atoms with Gasteiger partial charge >= 0.3 is 0 Å². The Kier molecular flexibility index (Phi) is 2.52. The van der Waals surface area contributed by atoms with Crippen LogP contribution in [-0.4, -0.2) is 11.7 Å². The number of nitrogens with zero attached hydrogens (tertiary/aromatic N) is 2. The zero-order valence-corrected chi connectivity index (χ0v) is 8.84. The third kappa shape index (κ3) is 1.59. The molecule has 0 radical (unpaired) electrons. The van der Waals surface area contributed by atoms with Gasteiger partial charge in [0.05, 0.1) is 18.5 Å². The van der Waals surface area contributed by atoms with Gasteiger partial charge in [-0.15, -0.1) is 0 Å². The van der Waals surface area contributed by atoms with E-state index in [1.165, 1.54) is 0 Å². The Morgan fingerprint density at radius 1 is 1.38 bits per heavy atom. The van der Waals surface area contributed by atoms with Crippen LogP contribution in [0.4, 0.5) is 5.69 Å². The van der Waals surface area contributed by atoms with E-state index < -0.39 is 0 Å². The second kappa shape index (κ2) is 3.99. The summed E-state index contributed by atoms with van der Waals surface area (Å²) in [6.45, 7) is 0. The standard InChI is InChI=1S/C12H11N3O/c1-16-10-4-5-11(14)12(7-10)15-6-2-3-9(15)8-13/h2-7H,14H2,1H3. The fourth-order valence-corrected chi connectivity index (χ4v) is 1.54. The van der Waals surface area contributed by atoms with Gasteiger partial charge in [-0.3, -0.25) is 0 Å². The minimum absolute atomic E-state index is 0.542. The first kappa shape index (κ1) is 10.1. The number of methoxy groups -OCH3 is 1. The maximum atomic E-state index is 8.94. The third-order valence-electron chi connectivity index (χ3n) is 2.36. The van der Waals surface area contributed by atoms with Crippen molar-refractivity contribution in [2.75, 3.05) is 12.8 Å². The highest BCUT2D eigenvalue weighted by Crippen LogP contribution is 2.24. The first-order chi connectivity index (χ1) is 7.76. The van der Waals surface area contributed by atoms with Crippen molar-refractivity contribution in [2.24, 2.45) is 0 Å². The molecule has 0 saturated heterocycles. The zero-order chi connectivity index (χ0) is 11.5. The Bertz CT molecular complexity index is 552. The zero-order valence-electron chi connectivity index (χ0n) is 8.84. The molecule has 0 aliphatic rings. The highest BCUT2D eigenvalue weighted by Gasteiger charge is 2.07. The predicted octanol–water partition coefficient (Wildman–Crippen LogP) is 1.94. The Hall–Kier alpha value is -2.41. The maximum Gasteiger partial charge on any atom is 0.124 e. The molecule has 80 valence electrons. The van der Waals surface area contributed by atoms with Gasteiger partial charge in [0.1, 0.15) is 17.5 Å². The van der Waals surface area contributed by atoms with Crippen molar-refractivity contribution in [2.45, 2.75) is 0 Å². The first-order valence-corrected chi connectivity index (χ1v) is 4.77. The fraction of sp³-hybridized carbons (Fsp3) is 0.0833. The Morgan fingerprint density at radius 2 is 2.19 bits per heavy atom. The summed E-state index contributed by atoms with van der Waals surface area (Å²) in [6.07, 6.45) is 1.80. The van der Waals surface area contributed by atoms with Gasteiger partial charge in [0.15, 0.2) is 0 Å². The van der Waals surface area contributed by atoms with Crippen LogP contribution in [0.25, 0.3) is 5.69 Å². The van der Waals surface area contributed by atoms with E-state index in [1.807, 2.05) is 0 Å². The molecular formula is C12H11N3O. The molecule has 0 amide bonds. The molecule has 1 aromatic carbocycles. The molecule has 0 atom stereocenters. The molecule has 0 bridgehead atoms. The highest BCUT2D eigenvalue weighted by molar-refractivity contribution is 5.61. The second-order valence-corrected chi connectivity index (χ2v) is 3.30. The summed E-state index contributed by atoms with van der Waals surface area (Å²) < 4.78 is 6.86. The van der Waals surface area contributed by atoms with Gasteiger partial charge in [0.2, 0.25) is 0 Å². The number of nitriles is 1. The van der Waals surface area contributed by atoms with Gasteiger partial charge in [0.25, 0.3) is 0 Å². The van der Waals surface area contributed by atoms with Gasteiger partial charge in [-0.2, -0.15) is 5.26 Å². The first-order valence-electron chi connectivity index (χ1n) is 4.77. The van der Waals surface area contributed by atoms with Crippen LogP contribution >= 0.6 is 0 Å². The molecule has 0 fully saturated rings. The average molecular weight is 213 g/mol. The van der Waals surface area contributed by atoms with Crippen LogP contribution in [0.5, 0.6) is 5.75 Å². The summed E-state index contributed by atoms with van der Waals surface area (Å²) in [5.41, 5.74) is 7.77. The summed E-state index contributed by atoms with van der Waals surface area (Å²) in [5, 5.41) is 8.94. The molecule has 1 heterocycles. The van der Waals surface area contributed by atoms with E-state index in [2.05, 4.69) is 6.07 Å². The van der Waals surface area contributed by atoms with Crippen molar-refractivity contribution < 1.29 is 4.74 Å². The Morgan fingerprint density at radius 3 is 2.88 bits per heavy atom. The van der Waals surface area contributed by atoms with Crippen molar-refractivity contribution >= 4 is 5.69 Å². The fourth-order valence-electron chi connectivity index (χ4n) is 1.54. The highest BCUT2D eigenvalue weighted by atomic mass is 16.5. The van der Waals surface area contributed by atoms with Crippen LogP contribution in [0.3, 0.4) is 0 Å². The van der Waals surface area contributed by atoms with Gasteiger partial charge in [-0.1, -0.05) is 0 Å². The molecule has 2 aromatic rings. The smallest absolute Gasteiger partial charge is 0.124 e. The second-order valence-electron chi connectivity index (χ2n) is 3.30. The summed E-state index contributed by atoms with van der Waals surface area (Å²) in [7, 11) is 1.59. The van der Waals surface area contributed by atoms with Crippen LogP contribution in [0.15, 0.2) is 36.5 Å². The van der Waals surface area contributed by atoms with Crippen molar-refractivity contribution in [3.63, 3.8) is 0 Å². The molecule has 0 aliphatic carbocycles. The SMILES string of the molecule is COc1ccc(N)c(-n2cccc2C#N)c1. The number of nitrogen functional groups attached to an aromatic ring is 1. The van der Waals surface area contributed by atoms with Gasteiger partial charge in [0, 0.05) is 12.3 Å². The Balaban J connectivity index is 2.60. The lowest BCUT2D eigenvalue weighted by Crippen LogP contribution is -2.01.